The zero-order valence-corrected chi connectivity index (χ0v) is 13.9. The van der Waals surface area contributed by atoms with Crippen LogP contribution >= 0.6 is 0 Å². The van der Waals surface area contributed by atoms with Gasteiger partial charge in [-0.1, -0.05) is 75.6 Å². The van der Waals surface area contributed by atoms with E-state index in [-0.39, 0.29) is 0 Å². The first-order chi connectivity index (χ1) is 10.7. The van der Waals surface area contributed by atoms with E-state index >= 15 is 0 Å². The monoisotopic (exact) mass is 290 g/mol. The molecule has 0 N–H and O–H groups in total. The molecule has 0 aromatic heterocycles. The van der Waals surface area contributed by atoms with E-state index in [1.807, 2.05) is 12.2 Å². The lowest BCUT2D eigenvalue weighted by atomic mass is 9.91. The molecule has 22 heavy (non-hydrogen) atoms. The van der Waals surface area contributed by atoms with Crippen molar-refractivity contribution in [1.82, 2.24) is 0 Å². The summed E-state index contributed by atoms with van der Waals surface area (Å²) in [4.78, 5) is 0. The first-order valence-corrected chi connectivity index (χ1v) is 8.21. The van der Waals surface area contributed by atoms with Crippen molar-refractivity contribution in [1.29, 1.82) is 0 Å². The molecule has 0 bridgehead atoms. The SMILES string of the molecule is C=Cc1cccc(CCc2cccc(C=C)c2CC)c1CC. The van der Waals surface area contributed by atoms with Gasteiger partial charge in [-0.3, -0.25) is 0 Å². The van der Waals surface area contributed by atoms with Gasteiger partial charge in [0, 0.05) is 0 Å². The van der Waals surface area contributed by atoms with Crippen LogP contribution in [0.25, 0.3) is 12.2 Å². The molecule has 0 heterocycles. The molecule has 0 heteroatoms. The summed E-state index contributed by atoms with van der Waals surface area (Å²) < 4.78 is 0. The molecule has 0 fully saturated rings. The number of hydrogen-bond acceptors (Lipinski definition) is 0. The minimum Gasteiger partial charge on any atom is -0.0985 e. The minimum atomic E-state index is 1.06. The van der Waals surface area contributed by atoms with Gasteiger partial charge in [-0.15, -0.1) is 0 Å². The summed E-state index contributed by atoms with van der Waals surface area (Å²) in [5.41, 5.74) is 8.33. The van der Waals surface area contributed by atoms with Crippen molar-refractivity contribution < 1.29 is 0 Å². The third kappa shape index (κ3) is 3.39. The van der Waals surface area contributed by atoms with Gasteiger partial charge in [0.05, 0.1) is 0 Å². The van der Waals surface area contributed by atoms with E-state index in [1.165, 1.54) is 33.4 Å². The summed E-state index contributed by atoms with van der Waals surface area (Å²) in [5, 5.41) is 0. The highest BCUT2D eigenvalue weighted by Crippen LogP contribution is 2.22. The van der Waals surface area contributed by atoms with E-state index in [0.29, 0.717) is 0 Å². The van der Waals surface area contributed by atoms with Crippen molar-refractivity contribution in [2.24, 2.45) is 0 Å². The lowest BCUT2D eigenvalue weighted by Gasteiger charge is -2.14. The van der Waals surface area contributed by atoms with Crippen LogP contribution in [0.3, 0.4) is 0 Å². The minimum absolute atomic E-state index is 1.06. The molecule has 0 spiro atoms. The fourth-order valence-corrected chi connectivity index (χ4v) is 3.29. The summed E-state index contributed by atoms with van der Waals surface area (Å²) in [6, 6.07) is 13.1. The van der Waals surface area contributed by atoms with E-state index in [9.17, 15) is 0 Å². The van der Waals surface area contributed by atoms with Gasteiger partial charge < -0.3 is 0 Å². The number of aryl methyl sites for hydroxylation is 2. The van der Waals surface area contributed by atoms with E-state index in [2.05, 4.69) is 63.4 Å². The third-order valence-electron chi connectivity index (χ3n) is 4.43. The van der Waals surface area contributed by atoms with Gasteiger partial charge >= 0.3 is 0 Å². The van der Waals surface area contributed by atoms with Gasteiger partial charge in [0.2, 0.25) is 0 Å². The summed E-state index contributed by atoms with van der Waals surface area (Å²) in [6.07, 6.45) is 8.23. The summed E-state index contributed by atoms with van der Waals surface area (Å²) in [5.74, 6) is 0. The van der Waals surface area contributed by atoms with Crippen molar-refractivity contribution >= 4 is 12.2 Å². The largest absolute Gasteiger partial charge is 0.0985 e. The molecule has 0 aliphatic carbocycles. The molecule has 0 radical (unpaired) electrons. The predicted octanol–water partition coefficient (Wildman–Crippen LogP) is 5.88. The molecule has 0 amide bonds. The molecular weight excluding hydrogens is 264 g/mol. The highest BCUT2D eigenvalue weighted by molar-refractivity contribution is 5.56. The second kappa shape index (κ2) is 7.79. The van der Waals surface area contributed by atoms with Crippen LogP contribution < -0.4 is 0 Å². The lowest BCUT2D eigenvalue weighted by Crippen LogP contribution is -2.02. The van der Waals surface area contributed by atoms with Crippen LogP contribution in [0.4, 0.5) is 0 Å². The Kier molecular flexibility index (Phi) is 5.77. The molecule has 0 saturated heterocycles. The molecule has 114 valence electrons. The first-order valence-electron chi connectivity index (χ1n) is 8.21. The lowest BCUT2D eigenvalue weighted by molar-refractivity contribution is 0.908. The molecule has 0 atom stereocenters. The molecule has 0 aliphatic rings. The summed E-state index contributed by atoms with van der Waals surface area (Å²) in [7, 11) is 0. The van der Waals surface area contributed by atoms with E-state index < -0.39 is 0 Å². The average molecular weight is 290 g/mol. The zero-order valence-electron chi connectivity index (χ0n) is 13.9. The smallest absolute Gasteiger partial charge is 0.0228 e. The summed E-state index contributed by atoms with van der Waals surface area (Å²) >= 11 is 0. The van der Waals surface area contributed by atoms with Crippen LogP contribution in [0.5, 0.6) is 0 Å². The van der Waals surface area contributed by atoms with Gasteiger partial charge in [0.1, 0.15) is 0 Å². The quantitative estimate of drug-likeness (QED) is 0.597. The molecule has 2 aromatic carbocycles. The van der Waals surface area contributed by atoms with Gasteiger partial charge in [-0.2, -0.15) is 0 Å². The van der Waals surface area contributed by atoms with Crippen LogP contribution in [0.2, 0.25) is 0 Å². The van der Waals surface area contributed by atoms with Crippen LogP contribution in [-0.2, 0) is 25.7 Å². The Morgan fingerprint density at radius 2 is 1.14 bits per heavy atom. The van der Waals surface area contributed by atoms with Crippen molar-refractivity contribution in [3.05, 3.63) is 82.9 Å². The Morgan fingerprint density at radius 3 is 1.45 bits per heavy atom. The maximum atomic E-state index is 3.94. The second-order valence-corrected chi connectivity index (χ2v) is 5.59. The normalized spacial score (nSPS) is 10.5. The van der Waals surface area contributed by atoms with E-state index in [0.717, 1.165) is 25.7 Å². The Bertz CT molecular complexity index is 602. The van der Waals surface area contributed by atoms with Gasteiger partial charge in [0.15, 0.2) is 0 Å². The van der Waals surface area contributed by atoms with Crippen molar-refractivity contribution in [2.45, 2.75) is 39.5 Å². The molecular formula is C22H26. The van der Waals surface area contributed by atoms with Crippen LogP contribution in [0.15, 0.2) is 49.6 Å². The highest BCUT2D eigenvalue weighted by atomic mass is 14.1. The Morgan fingerprint density at radius 1 is 0.727 bits per heavy atom. The molecule has 0 aliphatic heterocycles. The van der Waals surface area contributed by atoms with Crippen LogP contribution in [0, 0.1) is 0 Å². The molecule has 0 unspecified atom stereocenters. The Balaban J connectivity index is 2.28. The Hall–Kier alpha value is -2.08. The van der Waals surface area contributed by atoms with Crippen LogP contribution in [-0.4, -0.2) is 0 Å². The first kappa shape index (κ1) is 16.3. The summed E-state index contributed by atoms with van der Waals surface area (Å²) in [6.45, 7) is 12.3. The zero-order chi connectivity index (χ0) is 15.9. The van der Waals surface area contributed by atoms with Crippen molar-refractivity contribution in [3.8, 4) is 0 Å². The molecule has 2 aromatic rings. The maximum Gasteiger partial charge on any atom is -0.0228 e. The number of benzene rings is 2. The highest BCUT2D eigenvalue weighted by Gasteiger charge is 2.08. The fraction of sp³-hybridized carbons (Fsp3) is 0.273. The number of rotatable bonds is 7. The predicted molar refractivity (Wildman–Crippen MR) is 99.2 cm³/mol. The fourth-order valence-electron chi connectivity index (χ4n) is 3.29. The number of hydrogen-bond donors (Lipinski definition) is 0. The van der Waals surface area contributed by atoms with Crippen LogP contribution in [0.1, 0.15) is 47.2 Å². The Labute approximate surface area is 135 Å². The van der Waals surface area contributed by atoms with Gasteiger partial charge in [-0.05, 0) is 59.1 Å². The van der Waals surface area contributed by atoms with Crippen molar-refractivity contribution in [3.63, 3.8) is 0 Å². The van der Waals surface area contributed by atoms with Gasteiger partial charge in [0.25, 0.3) is 0 Å². The topological polar surface area (TPSA) is 0 Å². The average Bonchev–Trinajstić information content (AvgIpc) is 2.58. The maximum absolute atomic E-state index is 3.94. The van der Waals surface area contributed by atoms with E-state index in [1.54, 1.807) is 0 Å². The van der Waals surface area contributed by atoms with Crippen molar-refractivity contribution in [2.75, 3.05) is 0 Å². The second-order valence-electron chi connectivity index (χ2n) is 5.59. The van der Waals surface area contributed by atoms with E-state index in [4.69, 9.17) is 0 Å². The third-order valence-corrected chi connectivity index (χ3v) is 4.43. The van der Waals surface area contributed by atoms with Gasteiger partial charge in [-0.25, -0.2) is 0 Å². The standard InChI is InChI=1S/C22H26/c1-5-17-11-9-13-19(21(17)7-3)15-16-20-14-10-12-18(6-2)22(20)8-4/h5-6,9-14H,1-2,7-8,15-16H2,3-4H3. The molecule has 2 rings (SSSR count). The molecule has 0 saturated carbocycles. The molecule has 0 nitrogen and oxygen atoms in total.